The van der Waals surface area contributed by atoms with E-state index in [1.807, 2.05) is 6.20 Å². The zero-order valence-electron chi connectivity index (χ0n) is 19.9. The van der Waals surface area contributed by atoms with E-state index >= 15 is 0 Å². The van der Waals surface area contributed by atoms with Crippen molar-refractivity contribution in [3.05, 3.63) is 53.6 Å². The van der Waals surface area contributed by atoms with Crippen LogP contribution in [0.1, 0.15) is 48.6 Å². The third kappa shape index (κ3) is 4.34. The van der Waals surface area contributed by atoms with Crippen LogP contribution in [0.2, 0.25) is 0 Å². The molecule has 6 rings (SSSR count). The number of imidazole rings is 1. The Morgan fingerprint density at radius 2 is 1.76 bits per heavy atom. The van der Waals surface area contributed by atoms with Crippen molar-refractivity contribution >= 4 is 11.6 Å². The Hall–Kier alpha value is -2.77. The molecule has 0 spiro atoms. The van der Waals surface area contributed by atoms with Gasteiger partial charge in [-0.25, -0.2) is 4.98 Å². The summed E-state index contributed by atoms with van der Waals surface area (Å²) >= 11 is 0. The highest BCUT2D eigenvalue weighted by molar-refractivity contribution is 5.79. The third-order valence-electron chi connectivity index (χ3n) is 7.58. The number of carbonyl (C=O) groups excluding carboxylic acids is 1. The fourth-order valence-electron chi connectivity index (χ4n) is 5.24. The van der Waals surface area contributed by atoms with E-state index in [0.717, 1.165) is 62.5 Å². The summed E-state index contributed by atoms with van der Waals surface area (Å²) in [4.78, 5) is 27.2. The Morgan fingerprint density at radius 3 is 2.47 bits per heavy atom. The molecule has 34 heavy (non-hydrogen) atoms. The van der Waals surface area contributed by atoms with Crippen molar-refractivity contribution in [1.82, 2.24) is 24.2 Å². The third-order valence-corrected chi connectivity index (χ3v) is 7.58. The fourth-order valence-corrected chi connectivity index (χ4v) is 5.24. The first-order valence-electron chi connectivity index (χ1n) is 12.7. The quantitative estimate of drug-likeness (QED) is 0.583. The number of fused-ring (bicyclic) bond motifs is 1. The Kier molecular flexibility index (Phi) is 5.83. The molecule has 1 aliphatic carbocycles. The Morgan fingerprint density at radius 1 is 1.03 bits per heavy atom. The minimum atomic E-state index is 0.139. The van der Waals surface area contributed by atoms with Gasteiger partial charge in [0, 0.05) is 69.5 Å². The summed E-state index contributed by atoms with van der Waals surface area (Å²) < 4.78 is 7.70. The van der Waals surface area contributed by atoms with Gasteiger partial charge in [-0.1, -0.05) is 29.8 Å². The molecule has 0 radical (unpaired) electrons. The maximum absolute atomic E-state index is 13.0. The summed E-state index contributed by atoms with van der Waals surface area (Å²) in [5.41, 5.74) is 6.72. The molecule has 178 valence electrons. The van der Waals surface area contributed by atoms with Gasteiger partial charge in [0.2, 0.25) is 5.91 Å². The number of amides is 1. The summed E-state index contributed by atoms with van der Waals surface area (Å²) in [6.45, 7) is 7.71. The van der Waals surface area contributed by atoms with Crippen molar-refractivity contribution in [3.8, 4) is 11.3 Å². The first-order chi connectivity index (χ1) is 16.7. The molecular formula is C27H33N5O2. The summed E-state index contributed by atoms with van der Waals surface area (Å²) in [7, 11) is 0. The Balaban J connectivity index is 1.24. The number of benzene rings is 1. The van der Waals surface area contributed by atoms with Crippen LogP contribution < -0.4 is 0 Å². The number of aryl methyl sites for hydroxylation is 1. The average Bonchev–Trinajstić information content (AvgIpc) is 3.68. The van der Waals surface area contributed by atoms with Gasteiger partial charge in [-0.3, -0.25) is 19.1 Å². The lowest BCUT2D eigenvalue weighted by molar-refractivity contribution is -0.140. The molecule has 0 unspecified atom stereocenters. The first-order valence-corrected chi connectivity index (χ1v) is 12.7. The number of rotatable bonds is 5. The van der Waals surface area contributed by atoms with Crippen molar-refractivity contribution < 1.29 is 9.53 Å². The highest BCUT2D eigenvalue weighted by Gasteiger charge is 2.30. The summed E-state index contributed by atoms with van der Waals surface area (Å²) in [5, 5.41) is 0. The molecule has 0 bridgehead atoms. The van der Waals surface area contributed by atoms with Crippen LogP contribution >= 0.6 is 0 Å². The van der Waals surface area contributed by atoms with Gasteiger partial charge in [-0.15, -0.1) is 0 Å². The van der Waals surface area contributed by atoms with Crippen LogP contribution in [0.4, 0.5) is 0 Å². The first kappa shape index (κ1) is 21.7. The molecule has 0 atom stereocenters. The zero-order chi connectivity index (χ0) is 23.1. The number of hydrogen-bond donors (Lipinski definition) is 0. The minimum absolute atomic E-state index is 0.139. The van der Waals surface area contributed by atoms with Crippen LogP contribution in [-0.2, 0) is 16.1 Å². The highest BCUT2D eigenvalue weighted by atomic mass is 16.5. The van der Waals surface area contributed by atoms with Gasteiger partial charge in [0.15, 0.2) is 5.65 Å². The van der Waals surface area contributed by atoms with Crippen LogP contribution in [0.15, 0.2) is 36.7 Å². The summed E-state index contributed by atoms with van der Waals surface area (Å²) in [5.74, 6) is 1.06. The lowest BCUT2D eigenvalue weighted by Gasteiger charge is -2.37. The van der Waals surface area contributed by atoms with Crippen LogP contribution in [0.3, 0.4) is 0 Å². The van der Waals surface area contributed by atoms with Gasteiger partial charge in [0.25, 0.3) is 0 Å². The average molecular weight is 460 g/mol. The molecule has 0 N–H and O–H groups in total. The van der Waals surface area contributed by atoms with Crippen LogP contribution in [0, 0.1) is 12.8 Å². The Labute approximate surface area is 200 Å². The lowest BCUT2D eigenvalue weighted by atomic mass is 9.98. The van der Waals surface area contributed by atoms with Crippen molar-refractivity contribution in [2.75, 3.05) is 39.4 Å². The van der Waals surface area contributed by atoms with E-state index in [9.17, 15) is 4.79 Å². The van der Waals surface area contributed by atoms with Gasteiger partial charge >= 0.3 is 0 Å². The molecule has 1 amide bonds. The second kappa shape index (κ2) is 9.12. The van der Waals surface area contributed by atoms with E-state index in [2.05, 4.69) is 51.6 Å². The van der Waals surface area contributed by atoms with E-state index in [1.165, 1.54) is 29.8 Å². The molecule has 3 aliphatic rings. The molecule has 7 heteroatoms. The molecule has 2 aromatic heterocycles. The molecule has 3 fully saturated rings. The second-order valence-corrected chi connectivity index (χ2v) is 10.1. The highest BCUT2D eigenvalue weighted by Crippen LogP contribution is 2.39. The van der Waals surface area contributed by atoms with Gasteiger partial charge in [0.05, 0.1) is 23.3 Å². The molecule has 1 saturated carbocycles. The number of carbonyl (C=O) groups is 1. The molecule has 2 saturated heterocycles. The number of nitrogens with zero attached hydrogens (tertiary/aromatic N) is 5. The zero-order valence-corrected chi connectivity index (χ0v) is 19.9. The normalized spacial score (nSPS) is 20.2. The van der Waals surface area contributed by atoms with E-state index in [1.54, 1.807) is 0 Å². The van der Waals surface area contributed by atoms with E-state index in [4.69, 9.17) is 14.7 Å². The van der Waals surface area contributed by atoms with Gasteiger partial charge in [-0.05, 0) is 32.6 Å². The molecule has 2 aliphatic heterocycles. The molecule has 7 nitrogen and oxygen atoms in total. The fraction of sp³-hybridized carbons (Fsp3) is 0.519. The maximum Gasteiger partial charge on any atom is 0.225 e. The molecule has 4 heterocycles. The van der Waals surface area contributed by atoms with Crippen molar-refractivity contribution in [1.29, 1.82) is 0 Å². The minimum Gasteiger partial charge on any atom is -0.381 e. The lowest BCUT2D eigenvalue weighted by Crippen LogP contribution is -2.50. The Bertz CT molecular complexity index is 1170. The van der Waals surface area contributed by atoms with Crippen molar-refractivity contribution in [2.24, 2.45) is 5.92 Å². The molecule has 1 aromatic carbocycles. The van der Waals surface area contributed by atoms with Crippen LogP contribution in [0.5, 0.6) is 0 Å². The maximum atomic E-state index is 13.0. The molecular weight excluding hydrogens is 426 g/mol. The topological polar surface area (TPSA) is 63.0 Å². The predicted octanol–water partition coefficient (Wildman–Crippen LogP) is 3.65. The second-order valence-electron chi connectivity index (χ2n) is 10.1. The van der Waals surface area contributed by atoms with E-state index < -0.39 is 0 Å². The number of piperazine rings is 1. The van der Waals surface area contributed by atoms with Crippen LogP contribution in [0.25, 0.3) is 16.9 Å². The van der Waals surface area contributed by atoms with Gasteiger partial charge in [0.1, 0.15) is 0 Å². The summed E-state index contributed by atoms with van der Waals surface area (Å²) in [6.07, 6.45) is 8.32. The summed E-state index contributed by atoms with van der Waals surface area (Å²) in [6, 6.07) is 8.63. The predicted molar refractivity (Wildman–Crippen MR) is 131 cm³/mol. The SMILES string of the molecule is Cc1ccc(-c2nc3cnc(C4CC4)cn3c2CN2CCN(C(=O)C3CCOCC3)CC2)cc1. The van der Waals surface area contributed by atoms with Gasteiger partial charge < -0.3 is 9.64 Å². The van der Waals surface area contributed by atoms with Crippen LogP contribution in [-0.4, -0.2) is 69.5 Å². The van der Waals surface area contributed by atoms with Gasteiger partial charge in [-0.2, -0.15) is 0 Å². The van der Waals surface area contributed by atoms with E-state index in [0.29, 0.717) is 25.0 Å². The number of aromatic nitrogens is 3. The monoisotopic (exact) mass is 459 g/mol. The number of ether oxygens (including phenoxy) is 1. The van der Waals surface area contributed by atoms with Crippen molar-refractivity contribution in [2.45, 2.75) is 45.1 Å². The number of hydrogen-bond acceptors (Lipinski definition) is 5. The smallest absolute Gasteiger partial charge is 0.225 e. The van der Waals surface area contributed by atoms with Crippen molar-refractivity contribution in [3.63, 3.8) is 0 Å². The standard InChI is InChI=1S/C27H33N5O2/c1-19-2-4-21(5-3-19)26-24(32-17-23(20-6-7-20)28-16-25(32)29-26)18-30-10-12-31(13-11-30)27(33)22-8-14-34-15-9-22/h2-5,16-17,20,22H,6-15,18H2,1H3. The molecule has 3 aromatic rings. The van der Waals surface area contributed by atoms with E-state index in [-0.39, 0.29) is 5.92 Å². The largest absolute Gasteiger partial charge is 0.381 e.